The molecule has 0 rings (SSSR count). The number of esters is 3. The second-order valence-electron chi connectivity index (χ2n) is 18.9. The van der Waals surface area contributed by atoms with Crippen LogP contribution in [0.2, 0.25) is 0 Å². The van der Waals surface area contributed by atoms with Crippen molar-refractivity contribution in [2.24, 2.45) is 0 Å². The van der Waals surface area contributed by atoms with E-state index >= 15 is 0 Å². The van der Waals surface area contributed by atoms with Gasteiger partial charge in [-0.05, 0) is 103 Å². The lowest BCUT2D eigenvalue weighted by Crippen LogP contribution is -2.30. The predicted octanol–water partition coefficient (Wildman–Crippen LogP) is 19.8. The molecule has 6 heteroatoms. The molecule has 0 fully saturated rings. The van der Waals surface area contributed by atoms with Gasteiger partial charge in [-0.3, -0.25) is 14.4 Å². The largest absolute Gasteiger partial charge is 0.462 e. The molecule has 0 saturated heterocycles. The molecule has 1 unspecified atom stereocenters. The number of allylic oxidation sites excluding steroid dienone is 22. The maximum atomic E-state index is 12.9. The van der Waals surface area contributed by atoms with Crippen molar-refractivity contribution < 1.29 is 28.6 Å². The predicted molar refractivity (Wildman–Crippen MR) is 311 cm³/mol. The number of carbonyl (C=O) groups excluding carboxylic acids is 3. The third-order valence-electron chi connectivity index (χ3n) is 12.0. The highest BCUT2D eigenvalue weighted by atomic mass is 16.6. The van der Waals surface area contributed by atoms with Gasteiger partial charge in [-0.1, -0.05) is 257 Å². The zero-order chi connectivity index (χ0) is 52.2. The Morgan fingerprint density at radius 2 is 0.611 bits per heavy atom. The van der Waals surface area contributed by atoms with E-state index in [2.05, 4.69) is 93.7 Å². The van der Waals surface area contributed by atoms with Gasteiger partial charge in [0.25, 0.3) is 0 Å². The van der Waals surface area contributed by atoms with Crippen LogP contribution in [0.15, 0.2) is 134 Å². The number of unbranched alkanes of at least 4 members (excludes halogenated alkanes) is 23. The molecule has 0 aliphatic rings. The molecule has 0 aliphatic heterocycles. The molecule has 1 atom stereocenters. The van der Waals surface area contributed by atoms with Crippen molar-refractivity contribution in [1.82, 2.24) is 0 Å². The van der Waals surface area contributed by atoms with E-state index in [0.717, 1.165) is 122 Å². The summed E-state index contributed by atoms with van der Waals surface area (Å²) in [7, 11) is 0. The normalized spacial score (nSPS) is 13.1. The first kappa shape index (κ1) is 67.5. The van der Waals surface area contributed by atoms with E-state index in [4.69, 9.17) is 14.2 Å². The molecular formula is C66H106O6. The Balaban J connectivity index is 4.53. The van der Waals surface area contributed by atoms with Crippen molar-refractivity contribution in [3.63, 3.8) is 0 Å². The molecule has 406 valence electrons. The molecule has 6 nitrogen and oxygen atoms in total. The topological polar surface area (TPSA) is 78.9 Å². The lowest BCUT2D eigenvalue weighted by Gasteiger charge is -2.18. The highest BCUT2D eigenvalue weighted by Crippen LogP contribution is 2.14. The van der Waals surface area contributed by atoms with Crippen molar-refractivity contribution in [2.75, 3.05) is 13.2 Å². The molecule has 0 radical (unpaired) electrons. The molecule has 0 heterocycles. The average molecular weight is 996 g/mol. The smallest absolute Gasteiger partial charge is 0.306 e. The van der Waals surface area contributed by atoms with Crippen LogP contribution in [-0.2, 0) is 28.6 Å². The van der Waals surface area contributed by atoms with Gasteiger partial charge in [-0.2, -0.15) is 0 Å². The Kier molecular flexibility index (Phi) is 55.5. The molecular weight excluding hydrogens is 889 g/mol. The monoisotopic (exact) mass is 995 g/mol. The van der Waals surface area contributed by atoms with Gasteiger partial charge in [0.15, 0.2) is 6.10 Å². The minimum absolute atomic E-state index is 0.108. The zero-order valence-electron chi connectivity index (χ0n) is 46.4. The summed E-state index contributed by atoms with van der Waals surface area (Å²) >= 11 is 0. The summed E-state index contributed by atoms with van der Waals surface area (Å²) in [6, 6.07) is 0. The Hall–Kier alpha value is -4.45. The fourth-order valence-electron chi connectivity index (χ4n) is 7.69. The highest BCUT2D eigenvalue weighted by Gasteiger charge is 2.19. The summed E-state index contributed by atoms with van der Waals surface area (Å²) in [4.78, 5) is 38.2. The standard InChI is InChI=1S/C66H106O6/c1-4-7-10-13-16-19-22-25-28-31-33-36-38-41-44-47-50-53-56-59-65(68)71-62-63(61-70-64(67)58-55-52-49-46-43-40-37-34-30-27-24-21-18-15-12-9-6-3)72-66(69)60-57-54-51-48-45-42-39-35-32-29-26-23-20-17-14-11-8-5-2/h7,9-10,12,15-16,18-19,21,24-25,27-28,30,33-37,39-40,43,63H,4-6,8,11,13-14,17,20,22-23,26,29,31-32,38,41-42,44-62H2,1-3H3/b10-7-,12-9-,18-15-,19-16-,24-21-,28-25-,30-27-,36-33-,37-34+,39-35-,43-40-. The molecule has 0 aromatic rings. The van der Waals surface area contributed by atoms with E-state index in [-0.39, 0.29) is 31.1 Å². The van der Waals surface area contributed by atoms with Crippen molar-refractivity contribution in [2.45, 2.75) is 252 Å². The Labute approximate surface area is 443 Å². The SMILES string of the molecule is CC\C=C/C=C\C=C/C=C\C=C\C=C/CCCCCC(=O)OCC(COC(=O)CCCCCCCC/C=C\C/C=C\C/C=C\C/C=C\CC)OC(=O)CCCCCCC/C=C\CCCCCCCCCCC. The summed E-state index contributed by atoms with van der Waals surface area (Å²) in [5.74, 6) is -0.975. The van der Waals surface area contributed by atoms with Crippen LogP contribution in [0, 0.1) is 0 Å². The van der Waals surface area contributed by atoms with E-state index in [0.29, 0.717) is 19.3 Å². The van der Waals surface area contributed by atoms with Crippen LogP contribution in [-0.4, -0.2) is 37.2 Å². The first-order valence-corrected chi connectivity index (χ1v) is 29.3. The summed E-state index contributed by atoms with van der Waals surface area (Å²) in [5, 5.41) is 0. The van der Waals surface area contributed by atoms with E-state index in [1.165, 1.54) is 83.5 Å². The van der Waals surface area contributed by atoms with E-state index in [9.17, 15) is 14.4 Å². The minimum Gasteiger partial charge on any atom is -0.462 e. The first-order chi connectivity index (χ1) is 35.5. The molecule has 0 aliphatic carbocycles. The lowest BCUT2D eigenvalue weighted by atomic mass is 10.1. The minimum atomic E-state index is -0.813. The van der Waals surface area contributed by atoms with E-state index in [1.54, 1.807) is 0 Å². The summed E-state index contributed by atoms with van der Waals surface area (Å²) in [6.07, 6.45) is 82.9. The van der Waals surface area contributed by atoms with Gasteiger partial charge < -0.3 is 14.2 Å². The number of carbonyl (C=O) groups is 3. The van der Waals surface area contributed by atoms with Crippen LogP contribution in [0.4, 0.5) is 0 Å². The van der Waals surface area contributed by atoms with Crippen molar-refractivity contribution in [3.05, 3.63) is 134 Å². The Bertz CT molecular complexity index is 1560. The maximum Gasteiger partial charge on any atom is 0.306 e. The van der Waals surface area contributed by atoms with Gasteiger partial charge in [0.2, 0.25) is 0 Å². The molecule has 72 heavy (non-hydrogen) atoms. The summed E-state index contributed by atoms with van der Waals surface area (Å²) in [6.45, 7) is 6.33. The molecule has 0 saturated carbocycles. The van der Waals surface area contributed by atoms with Crippen LogP contribution < -0.4 is 0 Å². The number of ether oxygens (including phenoxy) is 3. The van der Waals surface area contributed by atoms with Crippen LogP contribution in [0.3, 0.4) is 0 Å². The van der Waals surface area contributed by atoms with Gasteiger partial charge in [0.05, 0.1) is 0 Å². The summed E-state index contributed by atoms with van der Waals surface area (Å²) in [5.41, 5.74) is 0. The second-order valence-corrected chi connectivity index (χ2v) is 18.9. The zero-order valence-corrected chi connectivity index (χ0v) is 46.4. The van der Waals surface area contributed by atoms with Crippen LogP contribution >= 0.6 is 0 Å². The Morgan fingerprint density at radius 3 is 1.04 bits per heavy atom. The third kappa shape index (κ3) is 56.5. The van der Waals surface area contributed by atoms with Gasteiger partial charge in [0, 0.05) is 19.3 Å². The van der Waals surface area contributed by atoms with Gasteiger partial charge >= 0.3 is 17.9 Å². The number of hydrogen-bond acceptors (Lipinski definition) is 6. The third-order valence-corrected chi connectivity index (χ3v) is 12.0. The molecule has 0 amide bonds. The number of hydrogen-bond donors (Lipinski definition) is 0. The van der Waals surface area contributed by atoms with Crippen LogP contribution in [0.25, 0.3) is 0 Å². The molecule has 0 bridgehead atoms. The van der Waals surface area contributed by atoms with Crippen LogP contribution in [0.1, 0.15) is 245 Å². The van der Waals surface area contributed by atoms with E-state index < -0.39 is 6.10 Å². The maximum absolute atomic E-state index is 12.9. The molecule has 0 aromatic heterocycles. The van der Waals surface area contributed by atoms with Gasteiger partial charge in [-0.15, -0.1) is 0 Å². The van der Waals surface area contributed by atoms with Crippen LogP contribution in [0.5, 0.6) is 0 Å². The quantitative estimate of drug-likeness (QED) is 0.0199. The van der Waals surface area contributed by atoms with E-state index in [1.807, 2.05) is 60.8 Å². The summed E-state index contributed by atoms with van der Waals surface area (Å²) < 4.78 is 16.8. The first-order valence-electron chi connectivity index (χ1n) is 29.3. The number of rotatable bonds is 51. The molecule has 0 aromatic carbocycles. The highest BCUT2D eigenvalue weighted by molar-refractivity contribution is 5.71. The molecule has 0 spiro atoms. The fourth-order valence-corrected chi connectivity index (χ4v) is 7.69. The fraction of sp³-hybridized carbons (Fsp3) is 0.621. The van der Waals surface area contributed by atoms with Crippen molar-refractivity contribution in [1.29, 1.82) is 0 Å². The van der Waals surface area contributed by atoms with Gasteiger partial charge in [-0.25, -0.2) is 0 Å². The van der Waals surface area contributed by atoms with Crippen molar-refractivity contribution >= 4 is 17.9 Å². The second kappa shape index (κ2) is 59.1. The average Bonchev–Trinajstić information content (AvgIpc) is 3.38. The van der Waals surface area contributed by atoms with Gasteiger partial charge in [0.1, 0.15) is 13.2 Å². The van der Waals surface area contributed by atoms with Crippen molar-refractivity contribution in [3.8, 4) is 0 Å². The lowest BCUT2D eigenvalue weighted by molar-refractivity contribution is -0.167. The molecule has 0 N–H and O–H groups in total. The Morgan fingerprint density at radius 1 is 0.306 bits per heavy atom.